The van der Waals surface area contributed by atoms with Crippen molar-refractivity contribution in [3.63, 3.8) is 0 Å². The largest absolute Gasteiger partial charge is 0.358 e. The number of thioether (sulfide) groups is 1. The third-order valence-electron chi connectivity index (χ3n) is 4.07. The van der Waals surface area contributed by atoms with Gasteiger partial charge >= 0.3 is 0 Å². The molecule has 0 bridgehead atoms. The summed E-state index contributed by atoms with van der Waals surface area (Å²) in [5, 5.41) is 8.22. The average molecular weight is 381 g/mol. The molecule has 0 heterocycles. The Morgan fingerprint density at radius 1 is 1.08 bits per heavy atom. The molecule has 0 spiro atoms. The maximum Gasteiger partial charge on any atom is 0.171 e. The summed E-state index contributed by atoms with van der Waals surface area (Å²) in [6.07, 6.45) is 1.17. The Hall–Kier alpha value is -0.740. The number of hydrogen-bond donors (Lipinski definition) is 2. The van der Waals surface area contributed by atoms with Crippen molar-refractivity contribution in [2.45, 2.75) is 96.3 Å². The summed E-state index contributed by atoms with van der Waals surface area (Å²) in [5.74, 6) is 0.880. The van der Waals surface area contributed by atoms with Crippen LogP contribution in [0.1, 0.15) is 91.7 Å². The van der Waals surface area contributed by atoms with Crippen LogP contribution in [0.4, 0.5) is 5.69 Å². The van der Waals surface area contributed by atoms with Gasteiger partial charge in [-0.05, 0) is 68.4 Å². The highest BCUT2D eigenvalue weighted by atomic mass is 32.2. The lowest BCUT2D eigenvalue weighted by Crippen LogP contribution is -2.43. The van der Waals surface area contributed by atoms with Crippen molar-refractivity contribution in [2.24, 2.45) is 0 Å². The molecule has 25 heavy (non-hydrogen) atoms. The van der Waals surface area contributed by atoms with E-state index in [0.29, 0.717) is 22.2 Å². The van der Waals surface area contributed by atoms with E-state index in [9.17, 15) is 0 Å². The Labute approximate surface area is 164 Å². The van der Waals surface area contributed by atoms with E-state index >= 15 is 0 Å². The number of hydrogen-bond acceptors (Lipinski definition) is 2. The van der Waals surface area contributed by atoms with Crippen LogP contribution in [0.2, 0.25) is 0 Å². The summed E-state index contributed by atoms with van der Waals surface area (Å²) in [4.78, 5) is 1.37. The molecule has 0 aliphatic rings. The van der Waals surface area contributed by atoms with E-state index in [1.165, 1.54) is 28.1 Å². The third-order valence-corrected chi connectivity index (χ3v) is 5.62. The van der Waals surface area contributed by atoms with Gasteiger partial charge in [0.05, 0.1) is 0 Å². The molecule has 0 amide bonds. The highest BCUT2D eigenvalue weighted by Gasteiger charge is 2.21. The fourth-order valence-corrected chi connectivity index (χ4v) is 4.32. The summed E-state index contributed by atoms with van der Waals surface area (Å²) < 4.78 is 0. The van der Waals surface area contributed by atoms with Gasteiger partial charge in [0.2, 0.25) is 0 Å². The first kappa shape index (κ1) is 22.3. The quantitative estimate of drug-likeness (QED) is 0.413. The summed E-state index contributed by atoms with van der Waals surface area (Å²) in [7, 11) is 0. The Kier molecular flexibility index (Phi) is 8.27. The van der Waals surface area contributed by atoms with Crippen molar-refractivity contribution in [3.8, 4) is 0 Å². The molecule has 0 aliphatic heterocycles. The minimum atomic E-state index is -0.0524. The van der Waals surface area contributed by atoms with Crippen molar-refractivity contribution in [2.75, 3.05) is 5.32 Å². The van der Waals surface area contributed by atoms with E-state index < -0.39 is 0 Å². The van der Waals surface area contributed by atoms with Gasteiger partial charge < -0.3 is 10.6 Å². The Morgan fingerprint density at radius 3 is 2.12 bits per heavy atom. The lowest BCUT2D eigenvalue weighted by atomic mass is 9.92. The average Bonchev–Trinajstić information content (AvgIpc) is 2.44. The molecule has 0 saturated heterocycles. The van der Waals surface area contributed by atoms with Crippen LogP contribution in [-0.4, -0.2) is 15.9 Å². The molecule has 0 radical (unpaired) electrons. The van der Waals surface area contributed by atoms with Gasteiger partial charge in [-0.2, -0.15) is 0 Å². The summed E-state index contributed by atoms with van der Waals surface area (Å²) in [6, 6.07) is 4.57. The molecule has 1 aromatic rings. The molecular formula is C21H36N2S2. The number of rotatable bonds is 6. The zero-order chi connectivity index (χ0) is 19.4. The standard InChI is InChI=1S/C21H36N2S2/c1-10-15(6)25-17-12-11-16(13(2)3)19(18(17)14(4)5)22-20(24)23-21(7,8)9/h11-15H,10H2,1-9H3,(H2,22,23,24). The molecular weight excluding hydrogens is 344 g/mol. The lowest BCUT2D eigenvalue weighted by molar-refractivity contribution is 0.514. The second-order valence-corrected chi connectivity index (χ2v) is 10.3. The molecule has 142 valence electrons. The summed E-state index contributed by atoms with van der Waals surface area (Å²) in [6.45, 7) is 19.9. The Balaban J connectivity index is 3.37. The van der Waals surface area contributed by atoms with Crippen LogP contribution in [0.25, 0.3) is 0 Å². The van der Waals surface area contributed by atoms with Gasteiger partial charge in [-0.3, -0.25) is 0 Å². The van der Waals surface area contributed by atoms with E-state index in [1.54, 1.807) is 0 Å². The van der Waals surface area contributed by atoms with Gasteiger partial charge in [0, 0.05) is 21.4 Å². The van der Waals surface area contributed by atoms with Crippen LogP contribution in [0.3, 0.4) is 0 Å². The monoisotopic (exact) mass is 380 g/mol. The minimum Gasteiger partial charge on any atom is -0.358 e. The van der Waals surface area contributed by atoms with E-state index in [4.69, 9.17) is 12.2 Å². The molecule has 1 atom stereocenters. The smallest absolute Gasteiger partial charge is 0.171 e. The molecule has 0 aliphatic carbocycles. The Bertz CT molecular complexity index is 586. The van der Waals surface area contributed by atoms with Gasteiger partial charge in [0.15, 0.2) is 5.11 Å². The van der Waals surface area contributed by atoms with Gasteiger partial charge in [-0.15, -0.1) is 11.8 Å². The van der Waals surface area contributed by atoms with Crippen LogP contribution in [0, 0.1) is 0 Å². The molecule has 1 aromatic carbocycles. The highest BCUT2D eigenvalue weighted by Crippen LogP contribution is 2.41. The second kappa shape index (κ2) is 9.27. The van der Waals surface area contributed by atoms with Gasteiger partial charge in [-0.1, -0.05) is 47.6 Å². The molecule has 1 unspecified atom stereocenters. The van der Waals surface area contributed by atoms with Crippen molar-refractivity contribution in [3.05, 3.63) is 23.3 Å². The summed E-state index contributed by atoms with van der Waals surface area (Å²) >= 11 is 7.57. The van der Waals surface area contributed by atoms with Crippen molar-refractivity contribution >= 4 is 34.8 Å². The second-order valence-electron chi connectivity index (χ2n) is 8.42. The molecule has 0 fully saturated rings. The third kappa shape index (κ3) is 6.82. The molecule has 2 nitrogen and oxygen atoms in total. The van der Waals surface area contributed by atoms with Gasteiger partial charge in [-0.25, -0.2) is 0 Å². The van der Waals surface area contributed by atoms with Crippen molar-refractivity contribution < 1.29 is 0 Å². The molecule has 4 heteroatoms. The maximum absolute atomic E-state index is 5.60. The predicted octanol–water partition coefficient (Wildman–Crippen LogP) is 6.91. The first-order valence-corrected chi connectivity index (χ1v) is 10.7. The van der Waals surface area contributed by atoms with E-state index in [1.807, 2.05) is 11.8 Å². The van der Waals surface area contributed by atoms with E-state index in [2.05, 4.69) is 85.1 Å². The molecule has 0 aromatic heterocycles. The molecule has 0 saturated carbocycles. The van der Waals surface area contributed by atoms with Crippen LogP contribution >= 0.6 is 24.0 Å². The van der Waals surface area contributed by atoms with Crippen LogP contribution in [-0.2, 0) is 0 Å². The van der Waals surface area contributed by atoms with Crippen LogP contribution in [0.5, 0.6) is 0 Å². The van der Waals surface area contributed by atoms with Gasteiger partial charge in [0.1, 0.15) is 0 Å². The summed E-state index contributed by atoms with van der Waals surface area (Å²) in [5.41, 5.74) is 3.85. The zero-order valence-electron chi connectivity index (χ0n) is 17.4. The maximum atomic E-state index is 5.60. The van der Waals surface area contributed by atoms with Gasteiger partial charge in [0.25, 0.3) is 0 Å². The van der Waals surface area contributed by atoms with E-state index in [0.717, 1.165) is 0 Å². The van der Waals surface area contributed by atoms with Crippen molar-refractivity contribution in [1.29, 1.82) is 0 Å². The topological polar surface area (TPSA) is 24.1 Å². The van der Waals surface area contributed by atoms with Crippen molar-refractivity contribution in [1.82, 2.24) is 5.32 Å². The highest BCUT2D eigenvalue weighted by molar-refractivity contribution is 8.00. The number of thiocarbonyl (C=S) groups is 1. The normalized spacial score (nSPS) is 13.2. The minimum absolute atomic E-state index is 0.0524. The fourth-order valence-electron chi connectivity index (χ4n) is 2.70. The number of anilines is 1. The Morgan fingerprint density at radius 2 is 1.68 bits per heavy atom. The first-order valence-electron chi connectivity index (χ1n) is 9.38. The molecule has 1 rings (SSSR count). The first-order chi connectivity index (χ1) is 11.5. The number of nitrogens with one attached hydrogen (secondary N) is 2. The van der Waals surface area contributed by atoms with E-state index in [-0.39, 0.29) is 5.54 Å². The van der Waals surface area contributed by atoms with Crippen LogP contribution < -0.4 is 10.6 Å². The number of benzene rings is 1. The zero-order valence-corrected chi connectivity index (χ0v) is 19.0. The lowest BCUT2D eigenvalue weighted by Gasteiger charge is -2.28. The molecule has 2 N–H and O–H groups in total. The fraction of sp³-hybridized carbons (Fsp3) is 0.667. The SMILES string of the molecule is CCC(C)Sc1ccc(C(C)C)c(NC(=S)NC(C)(C)C)c1C(C)C. The van der Waals surface area contributed by atoms with Crippen LogP contribution in [0.15, 0.2) is 17.0 Å². The predicted molar refractivity (Wildman–Crippen MR) is 119 cm³/mol.